The van der Waals surface area contributed by atoms with Crippen LogP contribution in [-0.4, -0.2) is 5.78 Å². The number of carbonyl (C=O) groups excluding carboxylic acids is 1. The van der Waals surface area contributed by atoms with Crippen LogP contribution < -0.4 is 0 Å². The Morgan fingerprint density at radius 1 is 1.05 bits per heavy atom. The highest BCUT2D eigenvalue weighted by Crippen LogP contribution is 2.59. The second kappa shape index (κ2) is 4.44. The molecule has 1 nitrogen and oxygen atoms in total. The quantitative estimate of drug-likeness (QED) is 0.672. The van der Waals surface area contributed by atoms with Crippen molar-refractivity contribution in [1.82, 2.24) is 0 Å². The summed E-state index contributed by atoms with van der Waals surface area (Å²) >= 11 is 0. The summed E-state index contributed by atoms with van der Waals surface area (Å²) in [5.41, 5.74) is 6.09. The lowest BCUT2D eigenvalue weighted by Gasteiger charge is -2.48. The third kappa shape index (κ3) is 1.79. The predicted molar refractivity (Wildman–Crippen MR) is 85.5 cm³/mol. The molecule has 1 aromatic rings. The highest BCUT2D eigenvalue weighted by molar-refractivity contribution is 5.87. The summed E-state index contributed by atoms with van der Waals surface area (Å²) in [6, 6.07) is 4.88. The minimum absolute atomic E-state index is 0.0123. The fourth-order valence-electron chi connectivity index (χ4n) is 5.63. The Labute approximate surface area is 128 Å². The molecular weight excluding hydrogens is 256 g/mol. The standard InChI is InChI=1S/C20H26O/c1-12-10-14-4-5-16-15(17(14)11-13(12)2)8-9-20(3)18(16)6-7-19(20)21/h10-11,15-16,18H,4-9H2,1-3H3. The van der Waals surface area contributed by atoms with Crippen LogP contribution in [0.15, 0.2) is 12.1 Å². The van der Waals surface area contributed by atoms with Crippen LogP contribution in [0.5, 0.6) is 0 Å². The molecule has 4 atom stereocenters. The zero-order valence-corrected chi connectivity index (χ0v) is 13.5. The van der Waals surface area contributed by atoms with E-state index in [1.807, 2.05) is 0 Å². The zero-order valence-electron chi connectivity index (χ0n) is 13.5. The van der Waals surface area contributed by atoms with Gasteiger partial charge in [-0.1, -0.05) is 19.1 Å². The molecule has 0 spiro atoms. The number of ketones is 1. The SMILES string of the molecule is Cc1cc2c(cc1C)C1CCC3(C)C(=O)CCC3C1CC2. The minimum atomic E-state index is 0.0123. The highest BCUT2D eigenvalue weighted by Gasteiger charge is 2.54. The Balaban J connectivity index is 1.75. The molecule has 3 aliphatic carbocycles. The van der Waals surface area contributed by atoms with E-state index in [9.17, 15) is 4.79 Å². The summed E-state index contributed by atoms with van der Waals surface area (Å²) in [5, 5.41) is 0. The van der Waals surface area contributed by atoms with Gasteiger partial charge >= 0.3 is 0 Å². The van der Waals surface area contributed by atoms with Crippen LogP contribution in [0.4, 0.5) is 0 Å². The lowest BCUT2D eigenvalue weighted by atomic mass is 9.55. The Morgan fingerprint density at radius 3 is 2.62 bits per heavy atom. The lowest BCUT2D eigenvalue weighted by Crippen LogP contribution is -2.42. The predicted octanol–water partition coefficient (Wildman–Crippen LogP) is 4.73. The van der Waals surface area contributed by atoms with Gasteiger partial charge < -0.3 is 0 Å². The second-order valence-electron chi connectivity index (χ2n) is 7.97. The monoisotopic (exact) mass is 282 g/mol. The van der Waals surface area contributed by atoms with E-state index in [2.05, 4.69) is 32.9 Å². The van der Waals surface area contributed by atoms with Crippen molar-refractivity contribution in [3.05, 3.63) is 34.4 Å². The van der Waals surface area contributed by atoms with Crippen molar-refractivity contribution >= 4 is 5.78 Å². The molecule has 4 rings (SSSR count). The maximum atomic E-state index is 12.3. The average Bonchev–Trinajstić information content (AvgIpc) is 2.76. The van der Waals surface area contributed by atoms with Crippen LogP contribution in [0.3, 0.4) is 0 Å². The molecule has 3 aliphatic rings. The Kier molecular flexibility index (Phi) is 2.87. The van der Waals surface area contributed by atoms with Gasteiger partial charge in [-0.25, -0.2) is 0 Å². The van der Waals surface area contributed by atoms with Gasteiger partial charge in [-0.2, -0.15) is 0 Å². The number of Topliss-reactive ketones (excluding diaryl/α,β-unsaturated/α-hetero) is 1. The summed E-state index contributed by atoms with van der Waals surface area (Å²) in [6.45, 7) is 6.74. The Morgan fingerprint density at radius 2 is 1.81 bits per heavy atom. The zero-order chi connectivity index (χ0) is 14.8. The van der Waals surface area contributed by atoms with Gasteiger partial charge in [0, 0.05) is 11.8 Å². The van der Waals surface area contributed by atoms with E-state index in [0.29, 0.717) is 11.7 Å². The van der Waals surface area contributed by atoms with Crippen LogP contribution in [0, 0.1) is 31.1 Å². The lowest BCUT2D eigenvalue weighted by molar-refractivity contribution is -0.129. The maximum Gasteiger partial charge on any atom is 0.139 e. The van der Waals surface area contributed by atoms with Crippen molar-refractivity contribution in [2.45, 2.75) is 65.2 Å². The van der Waals surface area contributed by atoms with Crippen molar-refractivity contribution in [3.8, 4) is 0 Å². The number of hydrogen-bond acceptors (Lipinski definition) is 1. The molecule has 1 heteroatoms. The molecule has 0 radical (unpaired) electrons. The first-order valence-corrected chi connectivity index (χ1v) is 8.64. The number of rotatable bonds is 0. The van der Waals surface area contributed by atoms with Crippen LogP contribution in [0.25, 0.3) is 0 Å². The summed E-state index contributed by atoms with van der Waals surface area (Å²) in [6.07, 6.45) is 6.84. The average molecular weight is 282 g/mol. The first kappa shape index (κ1) is 13.5. The summed E-state index contributed by atoms with van der Waals surface area (Å²) in [7, 11) is 0. The molecule has 21 heavy (non-hydrogen) atoms. The molecule has 0 saturated heterocycles. The van der Waals surface area contributed by atoms with Gasteiger partial charge in [-0.05, 0) is 86.0 Å². The van der Waals surface area contributed by atoms with Crippen LogP contribution in [0.1, 0.15) is 67.2 Å². The molecule has 0 aromatic heterocycles. The second-order valence-corrected chi connectivity index (χ2v) is 7.97. The smallest absolute Gasteiger partial charge is 0.139 e. The van der Waals surface area contributed by atoms with Gasteiger partial charge in [0.2, 0.25) is 0 Å². The van der Waals surface area contributed by atoms with E-state index >= 15 is 0 Å². The van der Waals surface area contributed by atoms with Crippen molar-refractivity contribution in [1.29, 1.82) is 0 Å². The van der Waals surface area contributed by atoms with Gasteiger partial charge in [0.25, 0.3) is 0 Å². The van der Waals surface area contributed by atoms with Gasteiger partial charge in [0.05, 0.1) is 0 Å². The third-order valence-electron chi connectivity index (χ3n) is 7.05. The Bertz CT molecular complexity index is 615. The van der Waals surface area contributed by atoms with E-state index in [0.717, 1.165) is 31.1 Å². The fraction of sp³-hybridized carbons (Fsp3) is 0.650. The first-order valence-electron chi connectivity index (χ1n) is 8.64. The van der Waals surface area contributed by atoms with Gasteiger partial charge in [-0.15, -0.1) is 0 Å². The molecule has 0 heterocycles. The first-order chi connectivity index (χ1) is 10.0. The number of hydrogen-bond donors (Lipinski definition) is 0. The molecule has 0 aliphatic heterocycles. The van der Waals surface area contributed by atoms with Gasteiger partial charge in [0.1, 0.15) is 5.78 Å². The van der Waals surface area contributed by atoms with Crippen molar-refractivity contribution in [3.63, 3.8) is 0 Å². The van der Waals surface area contributed by atoms with E-state index in [1.165, 1.54) is 30.4 Å². The number of fused-ring (bicyclic) bond motifs is 5. The molecule has 0 N–H and O–H groups in total. The van der Waals surface area contributed by atoms with Crippen molar-refractivity contribution in [2.75, 3.05) is 0 Å². The van der Waals surface area contributed by atoms with Gasteiger partial charge in [-0.3, -0.25) is 4.79 Å². The maximum absolute atomic E-state index is 12.3. The largest absolute Gasteiger partial charge is 0.299 e. The topological polar surface area (TPSA) is 17.1 Å². The van der Waals surface area contributed by atoms with E-state index in [4.69, 9.17) is 0 Å². The van der Waals surface area contributed by atoms with Crippen LogP contribution in [-0.2, 0) is 11.2 Å². The summed E-state index contributed by atoms with van der Waals surface area (Å²) in [5.74, 6) is 2.68. The highest BCUT2D eigenvalue weighted by atomic mass is 16.1. The fourth-order valence-corrected chi connectivity index (χ4v) is 5.63. The third-order valence-corrected chi connectivity index (χ3v) is 7.05. The Hall–Kier alpha value is -1.11. The molecule has 2 saturated carbocycles. The summed E-state index contributed by atoms with van der Waals surface area (Å²) in [4.78, 5) is 12.3. The molecule has 2 fully saturated rings. The van der Waals surface area contributed by atoms with Crippen molar-refractivity contribution in [2.24, 2.45) is 17.3 Å². The van der Waals surface area contributed by atoms with E-state index in [-0.39, 0.29) is 5.41 Å². The molecule has 4 unspecified atom stereocenters. The number of carbonyl (C=O) groups is 1. The van der Waals surface area contributed by atoms with Gasteiger partial charge in [0.15, 0.2) is 0 Å². The van der Waals surface area contributed by atoms with Crippen molar-refractivity contribution < 1.29 is 4.79 Å². The van der Waals surface area contributed by atoms with E-state index < -0.39 is 0 Å². The molecule has 0 bridgehead atoms. The molecular formula is C20H26O. The number of benzene rings is 1. The molecule has 1 aromatic carbocycles. The summed E-state index contributed by atoms with van der Waals surface area (Å²) < 4.78 is 0. The normalized spacial score (nSPS) is 37.9. The minimum Gasteiger partial charge on any atom is -0.299 e. The molecule has 112 valence electrons. The van der Waals surface area contributed by atoms with Crippen LogP contribution >= 0.6 is 0 Å². The molecule has 0 amide bonds. The van der Waals surface area contributed by atoms with Crippen LogP contribution in [0.2, 0.25) is 0 Å². The van der Waals surface area contributed by atoms with E-state index in [1.54, 1.807) is 11.1 Å². The number of aryl methyl sites for hydroxylation is 3.